The van der Waals surface area contributed by atoms with E-state index in [0.29, 0.717) is 5.84 Å². The number of allylic oxidation sites excluding steroid dienone is 2. The van der Waals surface area contributed by atoms with Gasteiger partial charge in [-0.3, -0.25) is 4.99 Å². The fourth-order valence-corrected chi connectivity index (χ4v) is 9.01. The minimum atomic E-state index is 0.0881. The molecule has 0 fully saturated rings. The summed E-state index contributed by atoms with van der Waals surface area (Å²) in [4.78, 5) is 5.96. The van der Waals surface area contributed by atoms with Gasteiger partial charge in [0.05, 0.1) is 17.1 Å². The Morgan fingerprint density at radius 1 is 0.827 bits per heavy atom. The average Bonchev–Trinajstić information content (AvgIpc) is 3.81. The van der Waals surface area contributed by atoms with Gasteiger partial charge in [0.2, 0.25) is 0 Å². The first-order valence-corrected chi connectivity index (χ1v) is 19.2. The number of amidine groups is 1. The summed E-state index contributed by atoms with van der Waals surface area (Å²) >= 11 is 1.82. The Balaban J connectivity index is 0.00000190. The molecule has 2 N–H and O–H groups in total. The van der Waals surface area contributed by atoms with E-state index in [9.17, 15) is 0 Å². The lowest BCUT2D eigenvalue weighted by Gasteiger charge is -2.16. The van der Waals surface area contributed by atoms with Crippen LogP contribution in [-0.2, 0) is 7.05 Å². The number of nitrogens with zero attached hydrogens (tertiary/aromatic N) is 3. The maximum absolute atomic E-state index is 6.47. The lowest BCUT2D eigenvalue weighted by atomic mass is 9.89. The van der Waals surface area contributed by atoms with E-state index >= 15 is 0 Å². The molecule has 2 atom stereocenters. The molecular weight excluding hydrogens is 653 g/mol. The van der Waals surface area contributed by atoms with Gasteiger partial charge in [-0.2, -0.15) is 0 Å². The first-order valence-electron chi connectivity index (χ1n) is 18.4. The van der Waals surface area contributed by atoms with E-state index in [2.05, 4.69) is 157 Å². The van der Waals surface area contributed by atoms with Crippen molar-refractivity contribution in [2.45, 2.75) is 45.6 Å². The number of para-hydroxylation sites is 2. The number of aliphatic imine (C=N–C) groups is 1. The Bertz CT molecular complexity index is 2690. The summed E-state index contributed by atoms with van der Waals surface area (Å²) < 4.78 is 6.05. The third-order valence-electron chi connectivity index (χ3n) is 10.4. The maximum atomic E-state index is 6.47. The summed E-state index contributed by atoms with van der Waals surface area (Å²) in [6.45, 7) is 6.26. The molecule has 0 amide bonds. The second kappa shape index (κ2) is 14.2. The third kappa shape index (κ3) is 5.85. The second-order valence-corrected chi connectivity index (χ2v) is 14.4. The molecule has 0 saturated carbocycles. The van der Waals surface area contributed by atoms with Crippen LogP contribution >= 0.6 is 11.3 Å². The van der Waals surface area contributed by atoms with Crippen LogP contribution in [0, 0.1) is 6.92 Å². The van der Waals surface area contributed by atoms with Crippen molar-refractivity contribution in [1.29, 1.82) is 0 Å². The highest BCUT2D eigenvalue weighted by molar-refractivity contribution is 7.20. The molecule has 4 nitrogen and oxygen atoms in total. The molecule has 9 rings (SSSR count). The van der Waals surface area contributed by atoms with Crippen LogP contribution in [0.2, 0.25) is 0 Å². The molecule has 3 heterocycles. The number of benzene rings is 4. The van der Waals surface area contributed by atoms with Crippen LogP contribution in [0.5, 0.6) is 0 Å². The Morgan fingerprint density at radius 2 is 1.58 bits per heavy atom. The van der Waals surface area contributed by atoms with E-state index in [1.807, 2.05) is 37.3 Å². The van der Waals surface area contributed by atoms with Crippen molar-refractivity contribution < 1.29 is 0 Å². The van der Waals surface area contributed by atoms with Crippen LogP contribution in [-0.4, -0.2) is 21.0 Å². The highest BCUT2D eigenvalue weighted by Gasteiger charge is 2.23. The molecule has 2 unspecified atom stereocenters. The van der Waals surface area contributed by atoms with E-state index in [4.69, 9.17) is 10.7 Å². The van der Waals surface area contributed by atoms with Gasteiger partial charge >= 0.3 is 0 Å². The predicted octanol–water partition coefficient (Wildman–Crippen LogP) is 10.3. The fourth-order valence-electron chi connectivity index (χ4n) is 7.90. The van der Waals surface area contributed by atoms with Crippen molar-refractivity contribution in [1.82, 2.24) is 9.13 Å². The molecule has 2 aliphatic rings. The summed E-state index contributed by atoms with van der Waals surface area (Å²) in [5.41, 5.74) is 15.3. The Kier molecular flexibility index (Phi) is 9.12. The number of rotatable bonds is 6. The van der Waals surface area contributed by atoms with Crippen molar-refractivity contribution in [3.8, 4) is 16.8 Å². The molecule has 2 aliphatic carbocycles. The molecule has 0 aliphatic heterocycles. The lowest BCUT2D eigenvalue weighted by molar-refractivity contribution is 0.826. The zero-order chi connectivity index (χ0) is 35.8. The zero-order valence-electron chi connectivity index (χ0n) is 30.3. The Morgan fingerprint density at radius 3 is 2.38 bits per heavy atom. The van der Waals surface area contributed by atoms with E-state index in [1.54, 1.807) is 0 Å². The average molecular weight is 697 g/mol. The zero-order valence-corrected chi connectivity index (χ0v) is 31.1. The van der Waals surface area contributed by atoms with Gasteiger partial charge in [-0.05, 0) is 67.8 Å². The van der Waals surface area contributed by atoms with E-state index < -0.39 is 0 Å². The summed E-state index contributed by atoms with van der Waals surface area (Å²) in [6.07, 6.45) is 19.3. The number of hydrogen-bond donors (Lipinski definition) is 1. The largest absolute Gasteiger partial charge is 0.384 e. The van der Waals surface area contributed by atoms with Gasteiger partial charge in [0.25, 0.3) is 0 Å². The number of hydrogen-bond acceptors (Lipinski definition) is 2. The molecule has 0 radical (unpaired) electrons. The smallest absolute Gasteiger partial charge is 0.118 e. The quantitative estimate of drug-likeness (QED) is 0.137. The van der Waals surface area contributed by atoms with Gasteiger partial charge in [-0.25, -0.2) is 0 Å². The lowest BCUT2D eigenvalue weighted by Crippen LogP contribution is -2.32. The van der Waals surface area contributed by atoms with Crippen LogP contribution < -0.4 is 16.3 Å². The minimum absolute atomic E-state index is 0.0881. The van der Waals surface area contributed by atoms with Gasteiger partial charge in [0, 0.05) is 71.8 Å². The van der Waals surface area contributed by atoms with E-state index in [0.717, 1.165) is 12.8 Å². The summed E-state index contributed by atoms with van der Waals surface area (Å²) in [5.74, 6) is 0.799. The number of nitrogens with two attached hydrogens (primary N) is 1. The SMILES string of the molecule is CC.Cc1c(-c2c(C=CC(N)=NC3C=CC=CC3)sc3ccccc23)c2c(n1C)=CCC(c1ccc3c4ccccc4n(-c4ccccc4)c3c1)C=2. The van der Waals surface area contributed by atoms with Crippen molar-refractivity contribution in [2.24, 2.45) is 17.8 Å². The first kappa shape index (κ1) is 33.5. The molecular formula is C47H44N4S. The predicted molar refractivity (Wildman–Crippen MR) is 226 cm³/mol. The fraction of sp³-hybridized carbons (Fsp3) is 0.170. The first-order chi connectivity index (χ1) is 25.5. The van der Waals surface area contributed by atoms with Gasteiger partial charge in [0.1, 0.15) is 5.84 Å². The molecule has 5 heteroatoms. The molecule has 7 aromatic rings. The minimum Gasteiger partial charge on any atom is -0.384 e. The topological polar surface area (TPSA) is 48.2 Å². The van der Waals surface area contributed by atoms with Crippen LogP contribution in [0.4, 0.5) is 0 Å². The number of thiophene rings is 1. The summed E-state index contributed by atoms with van der Waals surface area (Å²) in [5, 5.41) is 6.43. The van der Waals surface area contributed by atoms with Crippen LogP contribution in [0.1, 0.15) is 48.7 Å². The second-order valence-electron chi connectivity index (χ2n) is 13.3. The van der Waals surface area contributed by atoms with Crippen molar-refractivity contribution in [2.75, 3.05) is 0 Å². The van der Waals surface area contributed by atoms with Crippen LogP contribution in [0.3, 0.4) is 0 Å². The summed E-state index contributed by atoms with van der Waals surface area (Å²) in [6, 6.07) is 35.4. The molecule has 3 aromatic heterocycles. The molecule has 0 bridgehead atoms. The van der Waals surface area contributed by atoms with Crippen molar-refractivity contribution in [3.05, 3.63) is 154 Å². The maximum Gasteiger partial charge on any atom is 0.118 e. The molecule has 258 valence electrons. The molecule has 0 saturated heterocycles. The van der Waals surface area contributed by atoms with Gasteiger partial charge in [-0.1, -0.05) is 117 Å². The normalized spacial score (nSPS) is 17.0. The van der Waals surface area contributed by atoms with Crippen molar-refractivity contribution >= 4 is 67.3 Å². The van der Waals surface area contributed by atoms with Crippen molar-refractivity contribution in [3.63, 3.8) is 0 Å². The molecule has 0 spiro atoms. The van der Waals surface area contributed by atoms with Gasteiger partial charge < -0.3 is 14.9 Å². The highest BCUT2D eigenvalue weighted by atomic mass is 32.1. The standard InChI is InChI=1S/C45H38N4S.C2H6/c1-29-44(45-36-18-10-12-20-41(36)50-42(45)25-26-43(46)47-32-13-5-3-6-14-32)37-27-30(22-24-38(37)48(29)2)31-21-23-35-34-17-9-11-19-39(34)49(40(35)28-31)33-15-7-4-8-16-33;1-2/h3-13,15-21,23-28,30,32H,14,22H2,1-2H3,(H2,46,47);1-2H3. The van der Waals surface area contributed by atoms with Gasteiger partial charge in [-0.15, -0.1) is 11.3 Å². The molecule has 52 heavy (non-hydrogen) atoms. The summed E-state index contributed by atoms with van der Waals surface area (Å²) in [7, 11) is 2.20. The van der Waals surface area contributed by atoms with Crippen LogP contribution in [0.15, 0.2) is 132 Å². The monoisotopic (exact) mass is 696 g/mol. The number of fused-ring (bicyclic) bond motifs is 5. The Hall–Kier alpha value is -5.65. The number of aromatic nitrogens is 2. The third-order valence-corrected chi connectivity index (χ3v) is 11.5. The van der Waals surface area contributed by atoms with Crippen LogP contribution in [0.25, 0.3) is 66.9 Å². The van der Waals surface area contributed by atoms with E-state index in [1.165, 1.54) is 75.4 Å². The Labute approximate surface area is 309 Å². The molecule has 4 aromatic carbocycles. The van der Waals surface area contributed by atoms with Gasteiger partial charge in [0.15, 0.2) is 0 Å². The van der Waals surface area contributed by atoms with E-state index in [-0.39, 0.29) is 12.0 Å². The highest BCUT2D eigenvalue weighted by Crippen LogP contribution is 2.40.